The Bertz CT molecular complexity index is 336. The molecule has 0 aliphatic rings. The van der Waals surface area contributed by atoms with Crippen LogP contribution in [0.4, 0.5) is 4.39 Å². The van der Waals surface area contributed by atoms with Crippen LogP contribution in [0.5, 0.6) is 5.75 Å². The summed E-state index contributed by atoms with van der Waals surface area (Å²) >= 11 is 0. The molecule has 1 rings (SSSR count). The summed E-state index contributed by atoms with van der Waals surface area (Å²) in [7, 11) is 0. The van der Waals surface area contributed by atoms with Crippen molar-refractivity contribution in [1.29, 1.82) is 0 Å². The minimum absolute atomic E-state index is 0. The summed E-state index contributed by atoms with van der Waals surface area (Å²) in [5.74, 6) is 3.91. The van der Waals surface area contributed by atoms with Crippen LogP contribution in [-0.2, 0) is 4.79 Å². The Morgan fingerprint density at radius 3 is 2.67 bits per heavy atom. The van der Waals surface area contributed by atoms with E-state index in [1.807, 2.05) is 5.43 Å². The maximum absolute atomic E-state index is 13.0. The van der Waals surface area contributed by atoms with Crippen LogP contribution in [0.1, 0.15) is 6.92 Å². The van der Waals surface area contributed by atoms with E-state index in [-0.39, 0.29) is 19.2 Å². The van der Waals surface area contributed by atoms with Crippen LogP contribution in [0.2, 0.25) is 0 Å². The number of nitrogens with two attached hydrogens (primary N) is 1. The van der Waals surface area contributed by atoms with E-state index in [2.05, 4.69) is 0 Å². The third kappa shape index (κ3) is 3.77. The molecule has 4 nitrogen and oxygen atoms in total. The van der Waals surface area contributed by atoms with Crippen molar-refractivity contribution in [2.24, 2.45) is 5.84 Å². The fraction of sp³-hybridized carbons (Fsp3) is 0.222. The van der Waals surface area contributed by atoms with E-state index < -0.39 is 17.8 Å². The molecule has 1 amide bonds. The van der Waals surface area contributed by atoms with Crippen LogP contribution in [0.15, 0.2) is 24.3 Å². The number of ether oxygens (including phenoxy) is 1. The monoisotopic (exact) mass is 232 g/mol. The van der Waals surface area contributed by atoms with Gasteiger partial charge >= 0.3 is 0 Å². The zero-order chi connectivity index (χ0) is 10.6. The predicted octanol–water partition coefficient (Wildman–Crippen LogP) is 0.696. The van der Waals surface area contributed by atoms with Crippen LogP contribution in [-0.4, -0.2) is 12.0 Å². The van der Waals surface area contributed by atoms with Gasteiger partial charge in [-0.25, -0.2) is 10.2 Å². The van der Waals surface area contributed by atoms with Gasteiger partial charge in [-0.3, -0.25) is 10.2 Å². The Labute approximate surface area is 94.0 Å². The van der Waals surface area contributed by atoms with Crippen molar-refractivity contribution in [3.05, 3.63) is 30.1 Å². The Kier molecular flexibility index (Phi) is 5.73. The molecule has 1 aromatic rings. The lowest BCUT2D eigenvalue weighted by molar-refractivity contribution is -0.127. The molecule has 0 bridgehead atoms. The molecule has 0 aliphatic heterocycles. The highest BCUT2D eigenvalue weighted by Crippen LogP contribution is 2.16. The molecule has 0 aromatic heterocycles. The molecule has 0 aliphatic carbocycles. The fourth-order valence-electron chi connectivity index (χ4n) is 0.902. The van der Waals surface area contributed by atoms with Gasteiger partial charge in [0.05, 0.1) is 0 Å². The van der Waals surface area contributed by atoms with Gasteiger partial charge in [-0.2, -0.15) is 13.5 Å². The lowest BCUT2D eigenvalue weighted by atomic mass is 10.3. The lowest BCUT2D eigenvalue weighted by Crippen LogP contribution is -2.40. The topological polar surface area (TPSA) is 64.3 Å². The normalized spacial score (nSPS) is 11.1. The van der Waals surface area contributed by atoms with E-state index in [0.717, 1.165) is 0 Å². The van der Waals surface area contributed by atoms with Crippen molar-refractivity contribution in [1.82, 2.24) is 5.43 Å². The van der Waals surface area contributed by atoms with Crippen molar-refractivity contribution in [2.75, 3.05) is 0 Å². The second-order valence-corrected chi connectivity index (χ2v) is 2.70. The van der Waals surface area contributed by atoms with Gasteiger partial charge < -0.3 is 4.74 Å². The maximum atomic E-state index is 13.0. The van der Waals surface area contributed by atoms with Gasteiger partial charge in [0.15, 0.2) is 17.7 Å². The molecule has 0 saturated heterocycles. The molecule has 0 fully saturated rings. The maximum Gasteiger partial charge on any atom is 0.274 e. The number of halogens is 1. The first kappa shape index (κ1) is 13.7. The first-order valence-electron chi connectivity index (χ1n) is 4.06. The molecule has 0 radical (unpaired) electrons. The molecule has 0 saturated carbocycles. The number of nitrogens with one attached hydrogen (secondary N) is 1. The van der Waals surface area contributed by atoms with E-state index in [4.69, 9.17) is 10.6 Å². The third-order valence-electron chi connectivity index (χ3n) is 1.65. The zero-order valence-corrected chi connectivity index (χ0v) is 9.16. The van der Waals surface area contributed by atoms with Crippen LogP contribution in [0.25, 0.3) is 0 Å². The highest BCUT2D eigenvalue weighted by Gasteiger charge is 2.14. The molecule has 6 heteroatoms. The van der Waals surface area contributed by atoms with E-state index in [1.165, 1.54) is 25.1 Å². The number of amides is 1. The average molecular weight is 232 g/mol. The molecule has 15 heavy (non-hydrogen) atoms. The Morgan fingerprint density at radius 2 is 2.13 bits per heavy atom. The highest BCUT2D eigenvalue weighted by atomic mass is 32.1. The summed E-state index contributed by atoms with van der Waals surface area (Å²) in [6.07, 6.45) is -0.822. The van der Waals surface area contributed by atoms with Gasteiger partial charge in [0.2, 0.25) is 0 Å². The van der Waals surface area contributed by atoms with E-state index >= 15 is 0 Å². The number of hydrogen-bond donors (Lipinski definition) is 2. The van der Waals surface area contributed by atoms with Crippen LogP contribution < -0.4 is 16.0 Å². The second-order valence-electron chi connectivity index (χ2n) is 2.70. The molecule has 1 aromatic carbocycles. The summed E-state index contributed by atoms with van der Waals surface area (Å²) in [4.78, 5) is 10.9. The van der Waals surface area contributed by atoms with E-state index in [1.54, 1.807) is 6.07 Å². The Hall–Kier alpha value is -1.27. The smallest absolute Gasteiger partial charge is 0.274 e. The number of rotatable bonds is 3. The minimum Gasteiger partial charge on any atom is -0.478 e. The minimum atomic E-state index is -0.822. The predicted molar refractivity (Wildman–Crippen MR) is 59.2 cm³/mol. The SMILES string of the molecule is C[C@H](Oc1ccccc1F)C(=O)NN.S. The summed E-state index contributed by atoms with van der Waals surface area (Å²) in [6, 6.07) is 5.85. The number of carbonyl (C=O) groups excluding carboxylic acids is 1. The van der Waals surface area contributed by atoms with Gasteiger partial charge in [-0.15, -0.1) is 0 Å². The molecule has 0 spiro atoms. The van der Waals surface area contributed by atoms with E-state index in [0.29, 0.717) is 0 Å². The van der Waals surface area contributed by atoms with Crippen molar-refractivity contribution in [2.45, 2.75) is 13.0 Å². The van der Waals surface area contributed by atoms with Crippen LogP contribution in [0, 0.1) is 5.82 Å². The average Bonchev–Trinajstić information content (AvgIpc) is 2.20. The quantitative estimate of drug-likeness (QED) is 0.458. The Morgan fingerprint density at radius 1 is 1.53 bits per heavy atom. The van der Waals surface area contributed by atoms with E-state index in [9.17, 15) is 9.18 Å². The number of para-hydroxylation sites is 1. The molecule has 0 unspecified atom stereocenters. The summed E-state index contributed by atoms with van der Waals surface area (Å²) in [5, 5.41) is 0. The summed E-state index contributed by atoms with van der Waals surface area (Å²) < 4.78 is 18.1. The molecular formula is C9H13FN2O2S. The largest absolute Gasteiger partial charge is 0.478 e. The van der Waals surface area contributed by atoms with Gasteiger partial charge in [-0.05, 0) is 19.1 Å². The van der Waals surface area contributed by atoms with Crippen molar-refractivity contribution >= 4 is 19.4 Å². The summed E-state index contributed by atoms with van der Waals surface area (Å²) in [6.45, 7) is 1.48. The second kappa shape index (κ2) is 6.26. The standard InChI is InChI=1S/C9H11FN2O2.H2S/c1-6(9(13)12-11)14-8-5-3-2-4-7(8)10;/h2-6H,11H2,1H3,(H,12,13);1H2/t6-;/m0./s1. The molecular weight excluding hydrogens is 219 g/mol. The zero-order valence-electron chi connectivity index (χ0n) is 8.16. The first-order valence-corrected chi connectivity index (χ1v) is 4.06. The third-order valence-corrected chi connectivity index (χ3v) is 1.65. The molecule has 1 atom stereocenters. The van der Waals surface area contributed by atoms with Gasteiger partial charge in [0.25, 0.3) is 5.91 Å². The molecule has 0 heterocycles. The van der Waals surface area contributed by atoms with Crippen molar-refractivity contribution in [3.63, 3.8) is 0 Å². The molecule has 84 valence electrons. The van der Waals surface area contributed by atoms with Gasteiger partial charge in [0.1, 0.15) is 0 Å². The number of carbonyl (C=O) groups is 1. The number of hydrogen-bond acceptors (Lipinski definition) is 3. The fourth-order valence-corrected chi connectivity index (χ4v) is 0.902. The summed E-state index contributed by atoms with van der Waals surface area (Å²) in [5.41, 5.74) is 1.92. The van der Waals surface area contributed by atoms with Crippen LogP contribution >= 0.6 is 13.5 Å². The van der Waals surface area contributed by atoms with Crippen molar-refractivity contribution < 1.29 is 13.9 Å². The lowest BCUT2D eigenvalue weighted by Gasteiger charge is -2.12. The first-order chi connectivity index (χ1) is 6.65. The van der Waals surface area contributed by atoms with Gasteiger partial charge in [-0.1, -0.05) is 12.1 Å². The number of hydrazine groups is 1. The Balaban J connectivity index is 0.00000196. The van der Waals surface area contributed by atoms with Gasteiger partial charge in [0, 0.05) is 0 Å². The molecule has 3 N–H and O–H groups in total. The highest BCUT2D eigenvalue weighted by molar-refractivity contribution is 7.59. The van der Waals surface area contributed by atoms with Crippen LogP contribution in [0.3, 0.4) is 0 Å². The van der Waals surface area contributed by atoms with Crippen molar-refractivity contribution in [3.8, 4) is 5.75 Å². The number of benzene rings is 1.